The van der Waals surface area contributed by atoms with Gasteiger partial charge in [0.05, 0.1) is 14.1 Å². The summed E-state index contributed by atoms with van der Waals surface area (Å²) >= 11 is 0. The van der Waals surface area contributed by atoms with Crippen molar-refractivity contribution in [1.29, 1.82) is 0 Å². The fourth-order valence-corrected chi connectivity index (χ4v) is 0.808. The van der Waals surface area contributed by atoms with Crippen LogP contribution in [0.2, 0.25) is 0 Å². The number of hydrogen-bond donors (Lipinski definition) is 0. The Kier molecular flexibility index (Phi) is 1.27. The van der Waals surface area contributed by atoms with E-state index in [4.69, 9.17) is 0 Å². The summed E-state index contributed by atoms with van der Waals surface area (Å²) in [5, 5.41) is 4.19. The van der Waals surface area contributed by atoms with Crippen molar-refractivity contribution in [3.05, 3.63) is 11.6 Å². The molecule has 0 spiro atoms. The highest BCUT2D eigenvalue weighted by molar-refractivity contribution is 4.72. The molecule has 0 unspecified atom stereocenters. The molecule has 1 aromatic heterocycles. The fraction of sp³-hybridized carbons (Fsp3) is 0.667. The van der Waals surface area contributed by atoms with Crippen molar-refractivity contribution in [3.8, 4) is 0 Å². The van der Waals surface area contributed by atoms with Gasteiger partial charge in [-0.05, 0) is 0 Å². The van der Waals surface area contributed by atoms with E-state index in [1.165, 1.54) is 5.82 Å². The van der Waals surface area contributed by atoms with Gasteiger partial charge in [0.1, 0.15) is 0 Å². The summed E-state index contributed by atoms with van der Waals surface area (Å²) in [5.41, 5.74) is 0. The molecule has 0 N–H and O–H groups in total. The van der Waals surface area contributed by atoms with Gasteiger partial charge in [-0.25, -0.2) is 4.57 Å². The van der Waals surface area contributed by atoms with Crippen molar-refractivity contribution >= 4 is 0 Å². The molecule has 0 fully saturated rings. The van der Waals surface area contributed by atoms with E-state index >= 15 is 0 Å². The van der Waals surface area contributed by atoms with Crippen LogP contribution in [-0.2, 0) is 14.1 Å². The Morgan fingerprint density at radius 1 is 1.44 bits per heavy atom. The van der Waals surface area contributed by atoms with Gasteiger partial charge in [-0.1, -0.05) is 0 Å². The lowest BCUT2D eigenvalue weighted by Crippen LogP contribution is -2.33. The number of aromatic nitrogens is 3. The lowest BCUT2D eigenvalue weighted by Gasteiger charge is -1.85. The van der Waals surface area contributed by atoms with Gasteiger partial charge in [-0.15, -0.1) is 4.68 Å². The lowest BCUT2D eigenvalue weighted by atomic mass is 10.6. The Balaban J connectivity index is 3.29. The highest BCUT2D eigenvalue weighted by Gasteiger charge is 2.10. The van der Waals surface area contributed by atoms with E-state index in [9.17, 15) is 0 Å². The maximum absolute atomic E-state index is 4.19. The molecule has 1 heterocycles. The number of rotatable bonds is 0. The number of hydrogen-bond acceptors (Lipinski definition) is 1. The van der Waals surface area contributed by atoms with Crippen molar-refractivity contribution in [2.75, 3.05) is 0 Å². The predicted molar refractivity (Wildman–Crippen MR) is 33.9 cm³/mol. The number of aryl methyl sites for hydroxylation is 2. The van der Waals surface area contributed by atoms with Gasteiger partial charge in [0.25, 0.3) is 5.82 Å². The van der Waals surface area contributed by atoms with Gasteiger partial charge < -0.3 is 0 Å². The summed E-state index contributed by atoms with van der Waals surface area (Å²) in [4.78, 5) is 0. The van der Waals surface area contributed by atoms with Gasteiger partial charge in [-0.2, -0.15) is 0 Å². The maximum Gasteiger partial charge on any atom is 0.274 e. The summed E-state index contributed by atoms with van der Waals surface area (Å²) in [6.45, 7) is 4.03. The molecule has 50 valence electrons. The first kappa shape index (κ1) is 6.26. The Bertz CT molecular complexity index is 202. The first-order valence-corrected chi connectivity index (χ1v) is 2.99. The monoisotopic (exact) mass is 126 g/mol. The van der Waals surface area contributed by atoms with E-state index in [1.807, 2.05) is 32.6 Å². The second-order valence-electron chi connectivity index (χ2n) is 2.28. The Labute approximate surface area is 54.9 Å². The summed E-state index contributed by atoms with van der Waals surface area (Å²) in [6, 6.07) is 0. The van der Waals surface area contributed by atoms with E-state index in [1.54, 1.807) is 0 Å². The van der Waals surface area contributed by atoms with Crippen molar-refractivity contribution < 1.29 is 4.57 Å². The van der Waals surface area contributed by atoms with Crippen molar-refractivity contribution in [1.82, 2.24) is 9.78 Å². The molecule has 0 atom stereocenters. The Hall–Kier alpha value is -0.860. The topological polar surface area (TPSA) is 21.7 Å². The van der Waals surface area contributed by atoms with Crippen LogP contribution in [0.3, 0.4) is 0 Å². The lowest BCUT2D eigenvalue weighted by molar-refractivity contribution is -0.684. The maximum atomic E-state index is 4.19. The second-order valence-corrected chi connectivity index (χ2v) is 2.28. The van der Waals surface area contributed by atoms with Crippen LogP contribution in [0.15, 0.2) is 0 Å². The molecule has 0 aliphatic rings. The SMILES string of the molecule is Cc1nn(C)c(C)[n+]1C. The molecule has 0 radical (unpaired) electrons. The fourth-order valence-electron chi connectivity index (χ4n) is 0.808. The molecule has 0 amide bonds. The highest BCUT2D eigenvalue weighted by Crippen LogP contribution is 1.86. The first-order valence-electron chi connectivity index (χ1n) is 2.99. The molecule has 1 aromatic rings. The Morgan fingerprint density at radius 2 is 2.00 bits per heavy atom. The average Bonchev–Trinajstić information content (AvgIpc) is 1.98. The minimum absolute atomic E-state index is 1.05. The van der Waals surface area contributed by atoms with E-state index in [2.05, 4.69) is 9.67 Å². The minimum Gasteiger partial charge on any atom is -0.235 e. The van der Waals surface area contributed by atoms with Crippen LogP contribution in [-0.4, -0.2) is 9.78 Å². The summed E-state index contributed by atoms with van der Waals surface area (Å²) in [7, 11) is 3.96. The molecule has 0 saturated carbocycles. The van der Waals surface area contributed by atoms with Crippen molar-refractivity contribution in [3.63, 3.8) is 0 Å². The molecular formula is C6H12N3+. The predicted octanol–water partition coefficient (Wildman–Crippen LogP) is -0.139. The van der Waals surface area contributed by atoms with Gasteiger partial charge in [-0.3, -0.25) is 0 Å². The summed E-state index contributed by atoms with van der Waals surface area (Å²) in [6.07, 6.45) is 0. The van der Waals surface area contributed by atoms with Crippen LogP contribution in [0.1, 0.15) is 11.6 Å². The van der Waals surface area contributed by atoms with Crippen LogP contribution in [0.5, 0.6) is 0 Å². The average molecular weight is 126 g/mol. The largest absolute Gasteiger partial charge is 0.274 e. The molecule has 3 heteroatoms. The highest BCUT2D eigenvalue weighted by atomic mass is 15.4. The van der Waals surface area contributed by atoms with Crippen molar-refractivity contribution in [2.45, 2.75) is 13.8 Å². The van der Waals surface area contributed by atoms with E-state index in [0.717, 1.165) is 5.82 Å². The standard InChI is InChI=1S/C6H12N3/c1-5-7-9(4)6(2)8(5)3/h1-4H3/q+1. The molecule has 0 aromatic carbocycles. The molecule has 1 rings (SSSR count). The summed E-state index contributed by atoms with van der Waals surface area (Å²) in [5.74, 6) is 2.22. The van der Waals surface area contributed by atoms with Crippen LogP contribution < -0.4 is 4.57 Å². The molecule has 9 heavy (non-hydrogen) atoms. The molecule has 0 bridgehead atoms. The number of nitrogens with zero attached hydrogens (tertiary/aromatic N) is 3. The zero-order valence-corrected chi connectivity index (χ0v) is 6.34. The zero-order chi connectivity index (χ0) is 7.02. The third-order valence-electron chi connectivity index (χ3n) is 1.73. The van der Waals surface area contributed by atoms with E-state index in [0.29, 0.717) is 0 Å². The van der Waals surface area contributed by atoms with E-state index in [-0.39, 0.29) is 0 Å². The first-order chi connectivity index (χ1) is 4.13. The Morgan fingerprint density at radius 3 is 2.11 bits per heavy atom. The molecule has 0 aliphatic carbocycles. The van der Waals surface area contributed by atoms with Crippen molar-refractivity contribution in [2.24, 2.45) is 14.1 Å². The molecule has 3 nitrogen and oxygen atoms in total. The van der Waals surface area contributed by atoms with Gasteiger partial charge in [0.2, 0.25) is 5.82 Å². The third kappa shape index (κ3) is 0.823. The second kappa shape index (κ2) is 1.83. The van der Waals surface area contributed by atoms with Crippen LogP contribution in [0, 0.1) is 13.8 Å². The molecular weight excluding hydrogens is 114 g/mol. The normalized spacial score (nSPS) is 10.2. The molecule has 0 aliphatic heterocycles. The van der Waals surface area contributed by atoms with Gasteiger partial charge >= 0.3 is 0 Å². The zero-order valence-electron chi connectivity index (χ0n) is 6.34. The van der Waals surface area contributed by atoms with Crippen LogP contribution in [0.4, 0.5) is 0 Å². The van der Waals surface area contributed by atoms with E-state index < -0.39 is 0 Å². The summed E-state index contributed by atoms with van der Waals surface area (Å²) < 4.78 is 3.93. The minimum atomic E-state index is 1.05. The molecule has 0 saturated heterocycles. The van der Waals surface area contributed by atoms with Gasteiger partial charge in [0, 0.05) is 18.9 Å². The third-order valence-corrected chi connectivity index (χ3v) is 1.73. The van der Waals surface area contributed by atoms with Crippen LogP contribution in [0.25, 0.3) is 0 Å². The van der Waals surface area contributed by atoms with Crippen LogP contribution >= 0.6 is 0 Å². The smallest absolute Gasteiger partial charge is 0.235 e. The van der Waals surface area contributed by atoms with Gasteiger partial charge in [0.15, 0.2) is 0 Å². The quantitative estimate of drug-likeness (QED) is 0.443.